The molecule has 1 heterocycles. The van der Waals surface area contributed by atoms with Gasteiger partial charge in [0.1, 0.15) is 0 Å². The van der Waals surface area contributed by atoms with E-state index in [0.29, 0.717) is 39.3 Å². The van der Waals surface area contributed by atoms with Gasteiger partial charge < -0.3 is 9.47 Å². The van der Waals surface area contributed by atoms with Gasteiger partial charge in [-0.3, -0.25) is 0 Å². The molecular formula is C12H12Cl2N2O2. The first kappa shape index (κ1) is 13.2. The molecule has 0 N–H and O–H groups in total. The molecule has 0 saturated carbocycles. The van der Waals surface area contributed by atoms with Crippen LogP contribution in [-0.2, 0) is 6.42 Å². The summed E-state index contributed by atoms with van der Waals surface area (Å²) in [6.45, 7) is 1.98. The summed E-state index contributed by atoms with van der Waals surface area (Å²) in [6.07, 6.45) is 0.708. The second-order valence-electron chi connectivity index (χ2n) is 3.61. The number of nitrogens with zero attached hydrogens (tertiary/aromatic N) is 2. The minimum atomic E-state index is 0.324. The van der Waals surface area contributed by atoms with E-state index in [9.17, 15) is 0 Å². The quantitative estimate of drug-likeness (QED) is 0.866. The molecule has 0 radical (unpaired) electrons. The van der Waals surface area contributed by atoms with Gasteiger partial charge in [-0.1, -0.05) is 30.1 Å². The number of methoxy groups -OCH3 is 2. The average molecular weight is 287 g/mol. The zero-order valence-electron chi connectivity index (χ0n) is 10.3. The summed E-state index contributed by atoms with van der Waals surface area (Å²) in [5, 5.41) is 0.968. The SMILES string of the molecule is CCc1c(Cl)c(Cl)cc2nc(OC)c(OC)nc12. The van der Waals surface area contributed by atoms with E-state index in [2.05, 4.69) is 9.97 Å². The number of aromatic nitrogens is 2. The van der Waals surface area contributed by atoms with Crippen LogP contribution in [0.4, 0.5) is 0 Å². The summed E-state index contributed by atoms with van der Waals surface area (Å²) < 4.78 is 10.3. The maximum atomic E-state index is 6.17. The monoisotopic (exact) mass is 286 g/mol. The summed E-state index contributed by atoms with van der Waals surface area (Å²) in [5.41, 5.74) is 2.18. The van der Waals surface area contributed by atoms with Gasteiger partial charge in [0.2, 0.25) is 0 Å². The number of rotatable bonds is 3. The Labute approximate surface area is 115 Å². The third-order valence-corrected chi connectivity index (χ3v) is 3.45. The topological polar surface area (TPSA) is 44.2 Å². The lowest BCUT2D eigenvalue weighted by atomic mass is 10.1. The molecule has 96 valence electrons. The molecule has 0 aliphatic heterocycles. The van der Waals surface area contributed by atoms with Crippen LogP contribution >= 0.6 is 23.2 Å². The lowest BCUT2D eigenvalue weighted by molar-refractivity contribution is 0.334. The molecule has 1 aromatic heterocycles. The summed E-state index contributed by atoms with van der Waals surface area (Å²) >= 11 is 12.2. The molecule has 0 atom stereocenters. The molecule has 6 heteroatoms. The highest BCUT2D eigenvalue weighted by molar-refractivity contribution is 6.43. The minimum absolute atomic E-state index is 0.324. The van der Waals surface area contributed by atoms with Gasteiger partial charge in [-0.15, -0.1) is 0 Å². The number of benzene rings is 1. The molecule has 0 aliphatic rings. The molecule has 0 saturated heterocycles. The average Bonchev–Trinajstić information content (AvgIpc) is 2.39. The highest BCUT2D eigenvalue weighted by Gasteiger charge is 2.16. The molecule has 0 spiro atoms. The van der Waals surface area contributed by atoms with Gasteiger partial charge in [-0.25, -0.2) is 9.97 Å². The minimum Gasteiger partial charge on any atom is -0.477 e. The smallest absolute Gasteiger partial charge is 0.278 e. The van der Waals surface area contributed by atoms with Crippen molar-refractivity contribution in [3.8, 4) is 11.8 Å². The fraction of sp³-hybridized carbons (Fsp3) is 0.333. The Morgan fingerprint density at radius 2 is 1.72 bits per heavy atom. The van der Waals surface area contributed by atoms with Crippen molar-refractivity contribution in [3.63, 3.8) is 0 Å². The molecule has 0 fully saturated rings. The third-order valence-electron chi connectivity index (χ3n) is 2.63. The lowest BCUT2D eigenvalue weighted by Crippen LogP contribution is -2.00. The van der Waals surface area contributed by atoms with Crippen molar-refractivity contribution in [1.29, 1.82) is 0 Å². The fourth-order valence-electron chi connectivity index (χ4n) is 1.76. The molecule has 0 amide bonds. The Morgan fingerprint density at radius 3 is 2.28 bits per heavy atom. The van der Waals surface area contributed by atoms with Gasteiger partial charge in [0, 0.05) is 0 Å². The van der Waals surface area contributed by atoms with Crippen LogP contribution in [0.2, 0.25) is 10.0 Å². The summed E-state index contributed by atoms with van der Waals surface area (Å²) in [7, 11) is 3.03. The number of fused-ring (bicyclic) bond motifs is 1. The van der Waals surface area contributed by atoms with E-state index in [1.807, 2.05) is 6.92 Å². The van der Waals surface area contributed by atoms with Crippen molar-refractivity contribution in [1.82, 2.24) is 9.97 Å². The van der Waals surface area contributed by atoms with Crippen molar-refractivity contribution in [3.05, 3.63) is 21.7 Å². The Kier molecular flexibility index (Phi) is 3.78. The van der Waals surface area contributed by atoms with E-state index in [4.69, 9.17) is 32.7 Å². The molecular weight excluding hydrogens is 275 g/mol. The van der Waals surface area contributed by atoms with E-state index in [1.165, 1.54) is 14.2 Å². The van der Waals surface area contributed by atoms with Crippen molar-refractivity contribution in [2.75, 3.05) is 14.2 Å². The van der Waals surface area contributed by atoms with Crippen molar-refractivity contribution in [2.45, 2.75) is 13.3 Å². The molecule has 0 aliphatic carbocycles. The predicted molar refractivity (Wildman–Crippen MR) is 72.0 cm³/mol. The van der Waals surface area contributed by atoms with Crippen LogP contribution in [0.3, 0.4) is 0 Å². The van der Waals surface area contributed by atoms with E-state index < -0.39 is 0 Å². The predicted octanol–water partition coefficient (Wildman–Crippen LogP) is 3.52. The number of hydrogen-bond donors (Lipinski definition) is 0. The summed E-state index contributed by atoms with van der Waals surface area (Å²) in [4.78, 5) is 8.71. The highest BCUT2D eigenvalue weighted by atomic mass is 35.5. The molecule has 0 unspecified atom stereocenters. The zero-order valence-corrected chi connectivity index (χ0v) is 11.8. The Hall–Kier alpha value is -1.26. The fourth-order valence-corrected chi connectivity index (χ4v) is 2.25. The van der Waals surface area contributed by atoms with Gasteiger partial charge in [0.05, 0.1) is 35.3 Å². The standard InChI is InChI=1S/C12H12Cl2N2O2/c1-4-6-9(14)7(13)5-8-10(6)16-12(18-3)11(15-8)17-2/h5H,4H2,1-3H3. The van der Waals surface area contributed by atoms with Crippen LogP contribution < -0.4 is 9.47 Å². The van der Waals surface area contributed by atoms with Crippen LogP contribution in [0.1, 0.15) is 12.5 Å². The highest BCUT2D eigenvalue weighted by Crippen LogP contribution is 2.34. The van der Waals surface area contributed by atoms with Crippen LogP contribution in [0.5, 0.6) is 11.8 Å². The maximum absolute atomic E-state index is 6.17. The van der Waals surface area contributed by atoms with Gasteiger partial charge in [0.15, 0.2) is 0 Å². The van der Waals surface area contributed by atoms with Gasteiger partial charge in [-0.05, 0) is 18.1 Å². The van der Waals surface area contributed by atoms with E-state index in [1.54, 1.807) is 6.07 Å². The zero-order chi connectivity index (χ0) is 13.3. The lowest BCUT2D eigenvalue weighted by Gasteiger charge is -2.11. The van der Waals surface area contributed by atoms with Gasteiger partial charge in [0.25, 0.3) is 11.8 Å². The first-order valence-corrected chi connectivity index (χ1v) is 6.14. The molecule has 4 nitrogen and oxygen atoms in total. The van der Waals surface area contributed by atoms with Crippen LogP contribution in [0.15, 0.2) is 6.07 Å². The van der Waals surface area contributed by atoms with Gasteiger partial charge in [-0.2, -0.15) is 0 Å². The van der Waals surface area contributed by atoms with E-state index >= 15 is 0 Å². The summed E-state index contributed by atoms with van der Waals surface area (Å²) in [6, 6.07) is 1.67. The number of aryl methyl sites for hydroxylation is 1. The van der Waals surface area contributed by atoms with Gasteiger partial charge >= 0.3 is 0 Å². The Bertz CT molecular complexity index is 602. The second-order valence-corrected chi connectivity index (χ2v) is 4.40. The first-order chi connectivity index (χ1) is 8.62. The van der Waals surface area contributed by atoms with Crippen LogP contribution in [-0.4, -0.2) is 24.2 Å². The first-order valence-electron chi connectivity index (χ1n) is 5.39. The van der Waals surface area contributed by atoms with Crippen molar-refractivity contribution >= 4 is 34.2 Å². The Morgan fingerprint density at radius 1 is 1.11 bits per heavy atom. The molecule has 0 bridgehead atoms. The number of halogens is 2. The molecule has 2 aromatic rings. The van der Waals surface area contributed by atoms with E-state index in [-0.39, 0.29) is 0 Å². The third kappa shape index (κ3) is 2.06. The molecule has 2 rings (SSSR count). The largest absolute Gasteiger partial charge is 0.477 e. The van der Waals surface area contributed by atoms with Crippen LogP contribution in [0.25, 0.3) is 11.0 Å². The second kappa shape index (κ2) is 5.16. The summed E-state index contributed by atoms with van der Waals surface area (Å²) in [5.74, 6) is 0.656. The van der Waals surface area contributed by atoms with Crippen molar-refractivity contribution < 1.29 is 9.47 Å². The van der Waals surface area contributed by atoms with E-state index in [0.717, 1.165) is 5.56 Å². The number of hydrogen-bond acceptors (Lipinski definition) is 4. The molecule has 18 heavy (non-hydrogen) atoms. The maximum Gasteiger partial charge on any atom is 0.278 e. The van der Waals surface area contributed by atoms with Crippen LogP contribution in [0, 0.1) is 0 Å². The normalized spacial score (nSPS) is 10.7. The van der Waals surface area contributed by atoms with Crippen molar-refractivity contribution in [2.24, 2.45) is 0 Å². The Balaban J connectivity index is 2.84. The number of ether oxygens (including phenoxy) is 2. The molecule has 1 aromatic carbocycles.